The Hall–Kier alpha value is -0.610. The van der Waals surface area contributed by atoms with E-state index in [1.54, 1.807) is 6.07 Å². The van der Waals surface area contributed by atoms with Crippen molar-refractivity contribution in [2.75, 3.05) is 13.2 Å². The lowest BCUT2D eigenvalue weighted by atomic mass is 9.77. The zero-order valence-corrected chi connectivity index (χ0v) is 12.7. The van der Waals surface area contributed by atoms with Crippen LogP contribution in [0.4, 0.5) is 0 Å². The molecule has 1 aliphatic carbocycles. The van der Waals surface area contributed by atoms with Gasteiger partial charge in [-0.1, -0.05) is 36.7 Å². The van der Waals surface area contributed by atoms with Crippen LogP contribution >= 0.6 is 11.6 Å². The highest BCUT2D eigenvalue weighted by Crippen LogP contribution is 2.32. The van der Waals surface area contributed by atoms with E-state index in [9.17, 15) is 10.2 Å². The molecule has 1 aromatic carbocycles. The molecule has 0 spiro atoms. The van der Waals surface area contributed by atoms with Gasteiger partial charge >= 0.3 is 0 Å². The Balaban J connectivity index is 1.95. The summed E-state index contributed by atoms with van der Waals surface area (Å²) in [6.45, 7) is 2.79. The standard InChI is InChI=1S/C16H24ClNO2/c1-12-6-8-16(11-19,9-7-12)18-10-15(20)13-4-2-3-5-14(13)17/h2-5,12,15,18-20H,6-11H2,1H3. The highest BCUT2D eigenvalue weighted by molar-refractivity contribution is 6.31. The average molecular weight is 298 g/mol. The summed E-state index contributed by atoms with van der Waals surface area (Å²) in [5, 5.41) is 23.9. The molecule has 0 radical (unpaired) electrons. The molecular weight excluding hydrogens is 274 g/mol. The molecule has 112 valence electrons. The fourth-order valence-electron chi connectivity index (χ4n) is 2.87. The van der Waals surface area contributed by atoms with Crippen LogP contribution in [0.25, 0.3) is 0 Å². The fourth-order valence-corrected chi connectivity index (χ4v) is 3.14. The molecule has 1 fully saturated rings. The second kappa shape index (κ2) is 6.90. The molecule has 3 N–H and O–H groups in total. The summed E-state index contributed by atoms with van der Waals surface area (Å²) in [4.78, 5) is 0. The van der Waals surface area contributed by atoms with Crippen molar-refractivity contribution in [2.24, 2.45) is 5.92 Å². The molecule has 1 aromatic rings. The number of rotatable bonds is 5. The lowest BCUT2D eigenvalue weighted by Gasteiger charge is -2.39. The topological polar surface area (TPSA) is 52.5 Å². The number of aliphatic hydroxyl groups is 2. The summed E-state index contributed by atoms with van der Waals surface area (Å²) in [5.41, 5.74) is 0.494. The Morgan fingerprint density at radius 3 is 2.60 bits per heavy atom. The summed E-state index contributed by atoms with van der Waals surface area (Å²) in [6.07, 6.45) is 3.51. The van der Waals surface area contributed by atoms with Crippen molar-refractivity contribution in [3.63, 3.8) is 0 Å². The van der Waals surface area contributed by atoms with Crippen LogP contribution in [0.15, 0.2) is 24.3 Å². The molecule has 4 heteroatoms. The molecule has 1 saturated carbocycles. The predicted octanol–water partition coefficient (Wildman–Crippen LogP) is 2.90. The van der Waals surface area contributed by atoms with Crippen molar-refractivity contribution in [1.29, 1.82) is 0 Å². The van der Waals surface area contributed by atoms with Gasteiger partial charge in [-0.25, -0.2) is 0 Å². The largest absolute Gasteiger partial charge is 0.394 e. The van der Waals surface area contributed by atoms with Gasteiger partial charge in [0, 0.05) is 22.7 Å². The number of nitrogens with one attached hydrogen (secondary N) is 1. The van der Waals surface area contributed by atoms with Crippen LogP contribution in [-0.2, 0) is 0 Å². The Morgan fingerprint density at radius 1 is 1.35 bits per heavy atom. The molecule has 0 heterocycles. The Kier molecular flexibility index (Phi) is 5.44. The van der Waals surface area contributed by atoms with Crippen LogP contribution < -0.4 is 5.32 Å². The van der Waals surface area contributed by atoms with Gasteiger partial charge in [0.05, 0.1) is 12.7 Å². The Bertz CT molecular complexity index is 430. The minimum Gasteiger partial charge on any atom is -0.394 e. The first-order valence-corrected chi connectivity index (χ1v) is 7.72. The SMILES string of the molecule is CC1CCC(CO)(NCC(O)c2ccccc2Cl)CC1. The van der Waals surface area contributed by atoms with Gasteiger partial charge in [0.2, 0.25) is 0 Å². The van der Waals surface area contributed by atoms with Gasteiger partial charge in [0.1, 0.15) is 0 Å². The van der Waals surface area contributed by atoms with E-state index in [4.69, 9.17) is 11.6 Å². The molecule has 3 nitrogen and oxygen atoms in total. The number of benzene rings is 1. The van der Waals surface area contributed by atoms with Crippen molar-refractivity contribution in [3.8, 4) is 0 Å². The summed E-state index contributed by atoms with van der Waals surface area (Å²) >= 11 is 6.09. The molecule has 1 aliphatic rings. The third-order valence-corrected chi connectivity index (χ3v) is 4.81. The fraction of sp³-hybridized carbons (Fsp3) is 0.625. The molecule has 0 amide bonds. The molecule has 1 unspecified atom stereocenters. The minimum atomic E-state index is -0.647. The number of hydrogen-bond acceptors (Lipinski definition) is 3. The summed E-state index contributed by atoms with van der Waals surface area (Å²) in [6, 6.07) is 7.34. The molecular formula is C16H24ClNO2. The van der Waals surface area contributed by atoms with Gasteiger partial charge in [-0.2, -0.15) is 0 Å². The minimum absolute atomic E-state index is 0.120. The van der Waals surface area contributed by atoms with Gasteiger partial charge in [0.25, 0.3) is 0 Å². The summed E-state index contributed by atoms with van der Waals surface area (Å²) in [5.74, 6) is 0.727. The number of β-amino-alcohol motifs (C(OH)–C–C–N with tert-alkyl or cyclic N) is 1. The van der Waals surface area contributed by atoms with Crippen molar-refractivity contribution < 1.29 is 10.2 Å². The van der Waals surface area contributed by atoms with E-state index < -0.39 is 6.10 Å². The molecule has 0 aliphatic heterocycles. The van der Waals surface area contributed by atoms with E-state index in [0.29, 0.717) is 11.6 Å². The average Bonchev–Trinajstić information content (AvgIpc) is 2.47. The molecule has 0 aromatic heterocycles. The highest BCUT2D eigenvalue weighted by Gasteiger charge is 2.33. The molecule has 2 rings (SSSR count). The third kappa shape index (κ3) is 3.73. The summed E-state index contributed by atoms with van der Waals surface area (Å²) < 4.78 is 0. The van der Waals surface area contributed by atoms with Crippen LogP contribution in [0, 0.1) is 5.92 Å². The second-order valence-electron chi connectivity index (χ2n) is 6.04. The Morgan fingerprint density at radius 2 is 2.00 bits per heavy atom. The molecule has 1 atom stereocenters. The first kappa shape index (κ1) is 15.8. The smallest absolute Gasteiger partial charge is 0.0928 e. The van der Waals surface area contributed by atoms with Crippen molar-refractivity contribution in [3.05, 3.63) is 34.9 Å². The maximum Gasteiger partial charge on any atom is 0.0928 e. The molecule has 20 heavy (non-hydrogen) atoms. The lowest BCUT2D eigenvalue weighted by molar-refractivity contribution is 0.0837. The van der Waals surface area contributed by atoms with Crippen molar-refractivity contribution >= 4 is 11.6 Å². The van der Waals surface area contributed by atoms with E-state index >= 15 is 0 Å². The predicted molar refractivity (Wildman–Crippen MR) is 81.9 cm³/mol. The van der Waals surface area contributed by atoms with Gasteiger partial charge < -0.3 is 15.5 Å². The third-order valence-electron chi connectivity index (χ3n) is 4.47. The van der Waals surface area contributed by atoms with E-state index in [-0.39, 0.29) is 12.1 Å². The van der Waals surface area contributed by atoms with E-state index in [0.717, 1.165) is 37.2 Å². The maximum absolute atomic E-state index is 10.3. The number of hydrogen-bond donors (Lipinski definition) is 3. The quantitative estimate of drug-likeness (QED) is 0.783. The van der Waals surface area contributed by atoms with Gasteiger partial charge in [-0.3, -0.25) is 0 Å². The summed E-state index contributed by atoms with van der Waals surface area (Å²) in [7, 11) is 0. The molecule has 0 saturated heterocycles. The normalized spacial score (nSPS) is 28.3. The Labute approximate surface area is 126 Å². The van der Waals surface area contributed by atoms with Crippen molar-refractivity contribution in [2.45, 2.75) is 44.2 Å². The van der Waals surface area contributed by atoms with E-state index in [1.165, 1.54) is 0 Å². The molecule has 0 bridgehead atoms. The van der Waals surface area contributed by atoms with Crippen LogP contribution in [0.2, 0.25) is 5.02 Å². The van der Waals surface area contributed by atoms with E-state index in [1.807, 2.05) is 18.2 Å². The monoisotopic (exact) mass is 297 g/mol. The van der Waals surface area contributed by atoms with Gasteiger partial charge in [-0.15, -0.1) is 0 Å². The van der Waals surface area contributed by atoms with Crippen LogP contribution in [0.3, 0.4) is 0 Å². The van der Waals surface area contributed by atoms with Crippen molar-refractivity contribution in [1.82, 2.24) is 5.32 Å². The van der Waals surface area contributed by atoms with Crippen LogP contribution in [0.1, 0.15) is 44.3 Å². The maximum atomic E-state index is 10.3. The van der Waals surface area contributed by atoms with Gasteiger partial charge in [-0.05, 0) is 37.7 Å². The lowest BCUT2D eigenvalue weighted by Crippen LogP contribution is -2.52. The zero-order valence-electron chi connectivity index (χ0n) is 12.0. The number of aliphatic hydroxyl groups excluding tert-OH is 2. The van der Waals surface area contributed by atoms with E-state index in [2.05, 4.69) is 12.2 Å². The first-order valence-electron chi connectivity index (χ1n) is 7.35. The van der Waals surface area contributed by atoms with Crippen LogP contribution in [-0.4, -0.2) is 28.9 Å². The zero-order chi connectivity index (χ0) is 14.6. The highest BCUT2D eigenvalue weighted by atomic mass is 35.5. The first-order chi connectivity index (χ1) is 9.56. The second-order valence-corrected chi connectivity index (χ2v) is 6.45. The van der Waals surface area contributed by atoms with Gasteiger partial charge in [0.15, 0.2) is 0 Å². The van der Waals surface area contributed by atoms with Crippen LogP contribution in [0.5, 0.6) is 0 Å². The number of halogens is 1.